The van der Waals surface area contributed by atoms with Crippen molar-refractivity contribution in [3.63, 3.8) is 0 Å². The van der Waals surface area contributed by atoms with Crippen LogP contribution in [-0.2, 0) is 4.79 Å². The first-order valence-electron chi connectivity index (χ1n) is 7.76. The molecule has 0 saturated carbocycles. The minimum absolute atomic E-state index is 0.0522. The smallest absolute Gasteiger partial charge is 0.232 e. The Hall–Kier alpha value is -2.73. The van der Waals surface area contributed by atoms with Crippen molar-refractivity contribution in [2.45, 2.75) is 12.3 Å². The number of nitrogens with zero attached hydrogens (tertiary/aromatic N) is 3. The van der Waals surface area contributed by atoms with E-state index in [-0.39, 0.29) is 24.1 Å². The molecule has 25 heavy (non-hydrogen) atoms. The van der Waals surface area contributed by atoms with E-state index in [1.807, 2.05) is 12.1 Å². The number of carbonyl (C=O) groups excluding carboxylic acids is 1. The van der Waals surface area contributed by atoms with Crippen molar-refractivity contribution in [3.05, 3.63) is 65.3 Å². The molecule has 0 N–H and O–H groups in total. The van der Waals surface area contributed by atoms with Crippen LogP contribution in [0.1, 0.15) is 18.2 Å². The van der Waals surface area contributed by atoms with Gasteiger partial charge in [-0.3, -0.25) is 4.79 Å². The zero-order valence-corrected chi connectivity index (χ0v) is 13.8. The molecular formula is C18H13ClFN3O2. The quantitative estimate of drug-likeness (QED) is 0.709. The average Bonchev–Trinajstić information content (AvgIpc) is 3.22. The number of rotatable bonds is 3. The molecule has 0 bridgehead atoms. The molecule has 0 aliphatic carbocycles. The van der Waals surface area contributed by atoms with Crippen molar-refractivity contribution < 1.29 is 13.7 Å². The molecule has 2 aromatic carbocycles. The van der Waals surface area contributed by atoms with Gasteiger partial charge in [-0.2, -0.15) is 4.98 Å². The van der Waals surface area contributed by atoms with Gasteiger partial charge in [0.25, 0.3) is 0 Å². The summed E-state index contributed by atoms with van der Waals surface area (Å²) in [5.74, 6) is 0.0206. The molecule has 1 atom stereocenters. The Labute approximate surface area is 148 Å². The minimum atomic E-state index is -0.371. The molecule has 1 aliphatic rings. The van der Waals surface area contributed by atoms with E-state index in [2.05, 4.69) is 10.1 Å². The largest absolute Gasteiger partial charge is 0.339 e. The molecule has 3 aromatic rings. The highest BCUT2D eigenvalue weighted by molar-refractivity contribution is 6.33. The van der Waals surface area contributed by atoms with Crippen LogP contribution >= 0.6 is 11.6 Å². The molecule has 0 radical (unpaired) electrons. The first kappa shape index (κ1) is 15.8. The lowest BCUT2D eigenvalue weighted by atomic mass is 10.1. The number of anilines is 1. The van der Waals surface area contributed by atoms with Gasteiger partial charge >= 0.3 is 0 Å². The zero-order chi connectivity index (χ0) is 17.4. The normalized spacial score (nSPS) is 17.3. The Morgan fingerprint density at radius 3 is 2.84 bits per heavy atom. The predicted molar refractivity (Wildman–Crippen MR) is 90.9 cm³/mol. The van der Waals surface area contributed by atoms with Crippen molar-refractivity contribution in [2.75, 3.05) is 11.4 Å². The Balaban J connectivity index is 1.58. The van der Waals surface area contributed by atoms with Gasteiger partial charge in [0, 0.05) is 18.5 Å². The minimum Gasteiger partial charge on any atom is -0.339 e. The number of hydrogen-bond donors (Lipinski definition) is 0. The summed E-state index contributed by atoms with van der Waals surface area (Å²) < 4.78 is 18.6. The first-order valence-corrected chi connectivity index (χ1v) is 8.14. The summed E-state index contributed by atoms with van der Waals surface area (Å²) in [7, 11) is 0. The molecule has 126 valence electrons. The summed E-state index contributed by atoms with van der Waals surface area (Å²) in [6, 6.07) is 13.2. The van der Waals surface area contributed by atoms with Crippen LogP contribution in [0.3, 0.4) is 0 Å². The Morgan fingerprint density at radius 2 is 2.04 bits per heavy atom. The summed E-state index contributed by atoms with van der Waals surface area (Å²) in [5, 5.41) is 4.42. The van der Waals surface area contributed by atoms with Crippen molar-refractivity contribution in [3.8, 4) is 11.4 Å². The molecule has 1 aromatic heterocycles. The Bertz CT molecular complexity index is 943. The van der Waals surface area contributed by atoms with Crippen LogP contribution in [0.5, 0.6) is 0 Å². The second kappa shape index (κ2) is 6.29. The van der Waals surface area contributed by atoms with Crippen LogP contribution in [0.4, 0.5) is 10.1 Å². The lowest BCUT2D eigenvalue weighted by Gasteiger charge is -2.17. The summed E-state index contributed by atoms with van der Waals surface area (Å²) in [6.07, 6.45) is 0.260. The number of amides is 1. The fourth-order valence-electron chi connectivity index (χ4n) is 2.92. The molecule has 1 amide bonds. The molecule has 4 rings (SSSR count). The van der Waals surface area contributed by atoms with Gasteiger partial charge in [0.05, 0.1) is 16.6 Å². The molecule has 1 aliphatic heterocycles. The Kier molecular flexibility index (Phi) is 3.97. The number of halogens is 2. The molecule has 7 heteroatoms. The second-order valence-electron chi connectivity index (χ2n) is 5.82. The zero-order valence-electron chi connectivity index (χ0n) is 13.0. The predicted octanol–water partition coefficient (Wildman–Crippen LogP) is 4.05. The SMILES string of the molecule is O=C1CC(c2nc(-c3cccc(F)c3)no2)CN1c1ccccc1Cl. The van der Waals surface area contributed by atoms with Crippen LogP contribution in [0.15, 0.2) is 53.1 Å². The lowest BCUT2D eigenvalue weighted by Crippen LogP contribution is -2.24. The maximum atomic E-state index is 13.3. The summed E-state index contributed by atoms with van der Waals surface area (Å²) in [5.41, 5.74) is 1.20. The summed E-state index contributed by atoms with van der Waals surface area (Å²) in [6.45, 7) is 0.410. The van der Waals surface area contributed by atoms with E-state index < -0.39 is 0 Å². The van der Waals surface area contributed by atoms with Gasteiger partial charge in [-0.1, -0.05) is 41.0 Å². The second-order valence-corrected chi connectivity index (χ2v) is 6.23. The van der Waals surface area contributed by atoms with Gasteiger partial charge in [-0.25, -0.2) is 4.39 Å². The Morgan fingerprint density at radius 1 is 1.20 bits per heavy atom. The molecular weight excluding hydrogens is 345 g/mol. The van der Waals surface area contributed by atoms with Crippen molar-refractivity contribution in [2.24, 2.45) is 0 Å². The van der Waals surface area contributed by atoms with Crippen molar-refractivity contribution >= 4 is 23.2 Å². The monoisotopic (exact) mass is 357 g/mol. The van der Waals surface area contributed by atoms with E-state index in [4.69, 9.17) is 16.1 Å². The van der Waals surface area contributed by atoms with Crippen molar-refractivity contribution in [1.82, 2.24) is 10.1 Å². The maximum Gasteiger partial charge on any atom is 0.232 e. The standard InChI is InChI=1S/C18H13ClFN3O2/c19-14-6-1-2-7-15(14)23-10-12(9-16(23)24)18-21-17(22-25-18)11-4-3-5-13(20)8-11/h1-8,12H,9-10H2. The molecule has 1 unspecified atom stereocenters. The number of aromatic nitrogens is 2. The van der Waals surface area contributed by atoms with E-state index in [9.17, 15) is 9.18 Å². The van der Waals surface area contributed by atoms with E-state index >= 15 is 0 Å². The van der Waals surface area contributed by atoms with Gasteiger partial charge in [0.2, 0.25) is 17.6 Å². The van der Waals surface area contributed by atoms with Gasteiger partial charge < -0.3 is 9.42 Å². The van der Waals surface area contributed by atoms with E-state index in [1.54, 1.807) is 29.2 Å². The number of benzene rings is 2. The fourth-order valence-corrected chi connectivity index (χ4v) is 3.16. The topological polar surface area (TPSA) is 59.2 Å². The van der Waals surface area contributed by atoms with Crippen LogP contribution < -0.4 is 4.90 Å². The highest BCUT2D eigenvalue weighted by atomic mass is 35.5. The fraction of sp³-hybridized carbons (Fsp3) is 0.167. The average molecular weight is 358 g/mol. The van der Waals surface area contributed by atoms with Crippen LogP contribution in [0.25, 0.3) is 11.4 Å². The number of hydrogen-bond acceptors (Lipinski definition) is 4. The molecule has 5 nitrogen and oxygen atoms in total. The van der Waals surface area contributed by atoms with E-state index in [0.717, 1.165) is 0 Å². The maximum absolute atomic E-state index is 13.3. The third kappa shape index (κ3) is 3.00. The van der Waals surface area contributed by atoms with Crippen molar-refractivity contribution in [1.29, 1.82) is 0 Å². The van der Waals surface area contributed by atoms with E-state index in [1.165, 1.54) is 12.1 Å². The molecule has 1 fully saturated rings. The van der Waals surface area contributed by atoms with Gasteiger partial charge in [0.1, 0.15) is 5.82 Å². The van der Waals surface area contributed by atoms with E-state index in [0.29, 0.717) is 34.5 Å². The lowest BCUT2D eigenvalue weighted by molar-refractivity contribution is -0.117. The molecule has 0 spiro atoms. The van der Waals surface area contributed by atoms with Crippen LogP contribution in [0, 0.1) is 5.82 Å². The summed E-state index contributed by atoms with van der Waals surface area (Å²) >= 11 is 6.18. The van der Waals surface area contributed by atoms with Gasteiger partial charge in [-0.15, -0.1) is 0 Å². The number of carbonyl (C=O) groups is 1. The van der Waals surface area contributed by atoms with Gasteiger partial charge in [-0.05, 0) is 24.3 Å². The van der Waals surface area contributed by atoms with Crippen LogP contribution in [0.2, 0.25) is 5.02 Å². The molecule has 1 saturated heterocycles. The first-order chi connectivity index (χ1) is 12.1. The third-order valence-corrected chi connectivity index (χ3v) is 4.46. The highest BCUT2D eigenvalue weighted by Gasteiger charge is 2.35. The molecule has 2 heterocycles. The summed E-state index contributed by atoms with van der Waals surface area (Å²) in [4.78, 5) is 18.3. The van der Waals surface area contributed by atoms with Crippen LogP contribution in [-0.4, -0.2) is 22.6 Å². The third-order valence-electron chi connectivity index (χ3n) is 4.14. The number of para-hydroxylation sites is 1. The van der Waals surface area contributed by atoms with Gasteiger partial charge in [0.15, 0.2) is 0 Å². The highest BCUT2D eigenvalue weighted by Crippen LogP contribution is 2.35.